The summed E-state index contributed by atoms with van der Waals surface area (Å²) in [7, 11) is 0. The fourth-order valence-corrected chi connectivity index (χ4v) is 3.52. The minimum atomic E-state index is 0.437. The highest BCUT2D eigenvalue weighted by atomic mass is 35.5. The molecular weight excluding hydrogens is 396 g/mol. The summed E-state index contributed by atoms with van der Waals surface area (Å²) in [6.45, 7) is 0.437. The molecule has 0 fully saturated rings. The molecular formula is C24H17ClN4O. The molecule has 0 bridgehead atoms. The lowest BCUT2D eigenvalue weighted by molar-refractivity contribution is 0.390. The van der Waals surface area contributed by atoms with Gasteiger partial charge in [0.25, 0.3) is 0 Å². The maximum Gasteiger partial charge on any atom is 0.162 e. The van der Waals surface area contributed by atoms with Gasteiger partial charge in [-0.05, 0) is 18.2 Å². The van der Waals surface area contributed by atoms with Gasteiger partial charge in [-0.1, -0.05) is 77.4 Å². The molecule has 0 amide bonds. The van der Waals surface area contributed by atoms with Gasteiger partial charge in [-0.15, -0.1) is 0 Å². The van der Waals surface area contributed by atoms with Crippen molar-refractivity contribution >= 4 is 28.3 Å². The summed E-state index contributed by atoms with van der Waals surface area (Å²) >= 11 is 6.27. The highest BCUT2D eigenvalue weighted by Crippen LogP contribution is 2.28. The van der Waals surface area contributed by atoms with Gasteiger partial charge in [0, 0.05) is 22.6 Å². The molecule has 0 saturated heterocycles. The van der Waals surface area contributed by atoms with E-state index in [0.29, 0.717) is 28.8 Å². The summed E-state index contributed by atoms with van der Waals surface area (Å²) in [6.07, 6.45) is 0. The second-order valence-electron chi connectivity index (χ2n) is 6.79. The average molecular weight is 413 g/mol. The quantitative estimate of drug-likeness (QED) is 0.371. The van der Waals surface area contributed by atoms with E-state index < -0.39 is 0 Å². The molecule has 3 aromatic carbocycles. The first-order valence-corrected chi connectivity index (χ1v) is 9.92. The number of nitrogens with one attached hydrogen (secondary N) is 1. The van der Waals surface area contributed by atoms with Gasteiger partial charge in [-0.2, -0.15) is 0 Å². The Balaban J connectivity index is 1.45. The monoisotopic (exact) mass is 412 g/mol. The predicted octanol–water partition coefficient (Wildman–Crippen LogP) is 6.22. The van der Waals surface area contributed by atoms with E-state index in [0.717, 1.165) is 27.8 Å². The summed E-state index contributed by atoms with van der Waals surface area (Å²) in [5, 5.41) is 9.12. The van der Waals surface area contributed by atoms with Gasteiger partial charge in [0.1, 0.15) is 11.5 Å². The van der Waals surface area contributed by atoms with E-state index >= 15 is 0 Å². The van der Waals surface area contributed by atoms with Crippen LogP contribution in [0.4, 0.5) is 5.82 Å². The summed E-state index contributed by atoms with van der Waals surface area (Å²) in [4.78, 5) is 9.47. The smallest absolute Gasteiger partial charge is 0.162 e. The van der Waals surface area contributed by atoms with Gasteiger partial charge in [0.15, 0.2) is 11.6 Å². The van der Waals surface area contributed by atoms with Gasteiger partial charge in [0.05, 0.1) is 17.1 Å². The molecule has 0 spiro atoms. The van der Waals surface area contributed by atoms with Crippen molar-refractivity contribution < 1.29 is 4.52 Å². The normalized spacial score (nSPS) is 11.0. The lowest BCUT2D eigenvalue weighted by Gasteiger charge is -2.10. The van der Waals surface area contributed by atoms with Crippen molar-refractivity contribution in [3.8, 4) is 22.6 Å². The van der Waals surface area contributed by atoms with Crippen LogP contribution in [0.15, 0.2) is 89.5 Å². The number of para-hydroxylation sites is 1. The lowest BCUT2D eigenvalue weighted by Crippen LogP contribution is -2.03. The number of fused-ring (bicyclic) bond motifs is 1. The van der Waals surface area contributed by atoms with E-state index in [1.165, 1.54) is 0 Å². The Morgan fingerprint density at radius 2 is 1.60 bits per heavy atom. The van der Waals surface area contributed by atoms with Gasteiger partial charge in [-0.3, -0.25) is 0 Å². The molecule has 5 rings (SSSR count). The van der Waals surface area contributed by atoms with E-state index in [1.54, 1.807) is 0 Å². The first-order valence-electron chi connectivity index (χ1n) is 9.54. The summed E-state index contributed by atoms with van der Waals surface area (Å²) < 4.78 is 5.51. The third-order valence-corrected chi connectivity index (χ3v) is 5.10. The Bertz CT molecular complexity index is 1320. The van der Waals surface area contributed by atoms with Crippen LogP contribution in [-0.4, -0.2) is 15.1 Å². The minimum Gasteiger partial charge on any atom is -0.362 e. The molecule has 0 unspecified atom stereocenters. The van der Waals surface area contributed by atoms with Crippen molar-refractivity contribution in [1.82, 2.24) is 15.1 Å². The number of nitrogens with zero attached hydrogens (tertiary/aromatic N) is 3. The van der Waals surface area contributed by atoms with Crippen LogP contribution in [0.5, 0.6) is 0 Å². The van der Waals surface area contributed by atoms with E-state index in [-0.39, 0.29) is 0 Å². The second-order valence-corrected chi connectivity index (χ2v) is 7.20. The fourth-order valence-electron chi connectivity index (χ4n) is 3.29. The third kappa shape index (κ3) is 3.63. The molecule has 2 heterocycles. The molecule has 1 N–H and O–H groups in total. The molecule has 0 saturated carbocycles. The standard InChI is InChI=1S/C24H17ClN4O/c25-20-12-6-4-10-18(20)22-14-17(30-29-22)15-26-24-19-11-5-7-13-21(19)27-23(28-24)16-8-2-1-3-9-16/h1-14H,15H2,(H,26,27,28). The Morgan fingerprint density at radius 3 is 2.47 bits per heavy atom. The molecule has 5 nitrogen and oxygen atoms in total. The minimum absolute atomic E-state index is 0.437. The molecule has 0 aliphatic rings. The van der Waals surface area contributed by atoms with Crippen LogP contribution in [0.1, 0.15) is 5.76 Å². The predicted molar refractivity (Wildman–Crippen MR) is 119 cm³/mol. The molecule has 0 aliphatic heterocycles. The highest BCUT2D eigenvalue weighted by molar-refractivity contribution is 6.33. The Labute approximate surface area is 178 Å². The molecule has 2 aromatic heterocycles. The van der Waals surface area contributed by atoms with E-state index in [9.17, 15) is 0 Å². The lowest BCUT2D eigenvalue weighted by atomic mass is 10.1. The Kier molecular flexibility index (Phi) is 4.87. The van der Waals surface area contributed by atoms with Gasteiger partial charge < -0.3 is 9.84 Å². The van der Waals surface area contributed by atoms with Crippen LogP contribution < -0.4 is 5.32 Å². The largest absolute Gasteiger partial charge is 0.362 e. The Morgan fingerprint density at radius 1 is 0.833 bits per heavy atom. The molecule has 0 aliphatic carbocycles. The molecule has 0 atom stereocenters. The number of rotatable bonds is 5. The number of hydrogen-bond donors (Lipinski definition) is 1. The maximum atomic E-state index is 6.27. The summed E-state index contributed by atoms with van der Waals surface area (Å²) in [5.41, 5.74) is 3.39. The molecule has 0 radical (unpaired) electrons. The second kappa shape index (κ2) is 7.97. The average Bonchev–Trinajstić information content (AvgIpc) is 3.27. The van der Waals surface area contributed by atoms with Gasteiger partial charge >= 0.3 is 0 Å². The fraction of sp³-hybridized carbons (Fsp3) is 0.0417. The summed E-state index contributed by atoms with van der Waals surface area (Å²) in [5.74, 6) is 2.11. The van der Waals surface area contributed by atoms with Crippen LogP contribution in [0.25, 0.3) is 33.5 Å². The topological polar surface area (TPSA) is 63.8 Å². The van der Waals surface area contributed by atoms with Crippen molar-refractivity contribution in [3.05, 3.63) is 95.7 Å². The first-order chi connectivity index (χ1) is 14.8. The first kappa shape index (κ1) is 18.3. The van der Waals surface area contributed by atoms with Gasteiger partial charge in [0.2, 0.25) is 0 Å². The zero-order valence-electron chi connectivity index (χ0n) is 15.9. The van der Waals surface area contributed by atoms with Crippen molar-refractivity contribution in [3.63, 3.8) is 0 Å². The number of hydrogen-bond acceptors (Lipinski definition) is 5. The van der Waals surface area contributed by atoms with E-state index in [1.807, 2.05) is 84.9 Å². The summed E-state index contributed by atoms with van der Waals surface area (Å²) in [6, 6.07) is 27.3. The number of aromatic nitrogens is 3. The van der Waals surface area contributed by atoms with E-state index in [4.69, 9.17) is 26.1 Å². The Hall–Kier alpha value is -3.70. The highest BCUT2D eigenvalue weighted by Gasteiger charge is 2.12. The number of benzene rings is 3. The molecule has 146 valence electrons. The zero-order chi connectivity index (χ0) is 20.3. The third-order valence-electron chi connectivity index (χ3n) is 4.77. The maximum absolute atomic E-state index is 6.27. The molecule has 30 heavy (non-hydrogen) atoms. The van der Waals surface area contributed by atoms with E-state index in [2.05, 4.69) is 10.5 Å². The van der Waals surface area contributed by atoms with Crippen LogP contribution in [0, 0.1) is 0 Å². The van der Waals surface area contributed by atoms with Crippen LogP contribution in [0.2, 0.25) is 5.02 Å². The van der Waals surface area contributed by atoms with Crippen molar-refractivity contribution in [2.24, 2.45) is 0 Å². The molecule has 5 aromatic rings. The van der Waals surface area contributed by atoms with Crippen molar-refractivity contribution in [2.75, 3.05) is 5.32 Å². The van der Waals surface area contributed by atoms with Crippen LogP contribution >= 0.6 is 11.6 Å². The SMILES string of the molecule is Clc1ccccc1-c1cc(CNc2nc(-c3ccccc3)nc3ccccc23)on1. The number of halogens is 1. The van der Waals surface area contributed by atoms with Crippen molar-refractivity contribution in [2.45, 2.75) is 6.54 Å². The number of anilines is 1. The van der Waals surface area contributed by atoms with Gasteiger partial charge in [-0.25, -0.2) is 9.97 Å². The zero-order valence-corrected chi connectivity index (χ0v) is 16.7. The van der Waals surface area contributed by atoms with Crippen molar-refractivity contribution in [1.29, 1.82) is 0 Å². The van der Waals surface area contributed by atoms with Crippen LogP contribution in [0.3, 0.4) is 0 Å². The van der Waals surface area contributed by atoms with Crippen LogP contribution in [-0.2, 0) is 6.54 Å². The molecule has 6 heteroatoms.